The molecule has 5 rings (SSSR count). The zero-order chi connectivity index (χ0) is 19.8. The number of hydrogen-bond donors (Lipinski definition) is 2. The molecule has 29 heavy (non-hydrogen) atoms. The SMILES string of the molecule is O=C(Nc1cnc(NCc2c(F)ccc3c2CCO3)n2cnnc12)c1cnco1. The van der Waals surface area contributed by atoms with E-state index in [0.717, 1.165) is 12.0 Å². The molecule has 0 bridgehead atoms. The topological polar surface area (TPSA) is 119 Å². The van der Waals surface area contributed by atoms with Crippen LogP contribution in [0.4, 0.5) is 16.0 Å². The molecule has 146 valence electrons. The highest BCUT2D eigenvalue weighted by Crippen LogP contribution is 2.30. The van der Waals surface area contributed by atoms with E-state index in [2.05, 4.69) is 30.8 Å². The first-order valence-electron chi connectivity index (χ1n) is 8.76. The molecule has 11 heteroatoms. The normalized spacial score (nSPS) is 12.6. The van der Waals surface area contributed by atoms with Crippen LogP contribution >= 0.6 is 0 Å². The number of hydrogen-bond acceptors (Lipinski definition) is 8. The van der Waals surface area contributed by atoms with E-state index < -0.39 is 5.91 Å². The van der Waals surface area contributed by atoms with Crippen LogP contribution < -0.4 is 15.4 Å². The molecule has 0 aliphatic carbocycles. The number of nitrogens with zero attached hydrogens (tertiary/aromatic N) is 5. The number of nitrogens with one attached hydrogen (secondary N) is 2. The van der Waals surface area contributed by atoms with E-state index in [4.69, 9.17) is 9.15 Å². The number of carbonyl (C=O) groups is 1. The van der Waals surface area contributed by atoms with Crippen molar-refractivity contribution in [3.8, 4) is 5.75 Å². The zero-order valence-corrected chi connectivity index (χ0v) is 14.9. The third-order valence-corrected chi connectivity index (χ3v) is 4.60. The van der Waals surface area contributed by atoms with Crippen molar-refractivity contribution < 1.29 is 18.3 Å². The molecule has 3 aromatic heterocycles. The Balaban J connectivity index is 1.41. The van der Waals surface area contributed by atoms with Crippen molar-refractivity contribution in [2.75, 3.05) is 17.2 Å². The fourth-order valence-electron chi connectivity index (χ4n) is 3.22. The Labute approximate surface area is 162 Å². The van der Waals surface area contributed by atoms with Gasteiger partial charge in [0.1, 0.15) is 23.6 Å². The maximum atomic E-state index is 14.3. The predicted molar refractivity (Wildman–Crippen MR) is 98.2 cm³/mol. The number of amides is 1. The van der Waals surface area contributed by atoms with Crippen LogP contribution in [-0.4, -0.2) is 37.1 Å². The number of oxazole rings is 1. The van der Waals surface area contributed by atoms with Crippen molar-refractivity contribution >= 4 is 23.2 Å². The molecule has 2 N–H and O–H groups in total. The third kappa shape index (κ3) is 3.02. The van der Waals surface area contributed by atoms with Gasteiger partial charge >= 0.3 is 0 Å². The van der Waals surface area contributed by atoms with E-state index in [0.29, 0.717) is 41.6 Å². The molecule has 0 saturated carbocycles. The maximum absolute atomic E-state index is 14.3. The van der Waals surface area contributed by atoms with Crippen LogP contribution in [-0.2, 0) is 13.0 Å². The molecule has 1 aliphatic heterocycles. The van der Waals surface area contributed by atoms with Gasteiger partial charge in [-0.15, -0.1) is 10.2 Å². The number of fused-ring (bicyclic) bond motifs is 2. The van der Waals surface area contributed by atoms with Gasteiger partial charge in [-0.05, 0) is 12.1 Å². The summed E-state index contributed by atoms with van der Waals surface area (Å²) in [5.74, 6) is 0.365. The molecule has 4 aromatic rings. The van der Waals surface area contributed by atoms with Gasteiger partial charge < -0.3 is 19.8 Å². The van der Waals surface area contributed by atoms with Crippen LogP contribution in [0.15, 0.2) is 41.7 Å². The average molecular weight is 395 g/mol. The molecule has 0 fully saturated rings. The van der Waals surface area contributed by atoms with E-state index in [9.17, 15) is 9.18 Å². The van der Waals surface area contributed by atoms with Crippen molar-refractivity contribution in [2.24, 2.45) is 0 Å². The number of ether oxygens (including phenoxy) is 1. The third-order valence-electron chi connectivity index (χ3n) is 4.60. The summed E-state index contributed by atoms with van der Waals surface area (Å²) in [5, 5.41) is 13.7. The molecule has 0 saturated heterocycles. The summed E-state index contributed by atoms with van der Waals surface area (Å²) in [6, 6.07) is 3.04. The fraction of sp³-hybridized carbons (Fsp3) is 0.167. The Kier molecular flexibility index (Phi) is 4.04. The number of aromatic nitrogens is 5. The number of rotatable bonds is 5. The number of benzene rings is 1. The molecule has 4 heterocycles. The van der Waals surface area contributed by atoms with Crippen LogP contribution in [0.2, 0.25) is 0 Å². The summed E-state index contributed by atoms with van der Waals surface area (Å²) in [4.78, 5) is 20.2. The van der Waals surface area contributed by atoms with Crippen LogP contribution in [0.3, 0.4) is 0 Å². The van der Waals surface area contributed by atoms with Gasteiger partial charge in [-0.1, -0.05) is 0 Å². The van der Waals surface area contributed by atoms with Gasteiger partial charge in [0.25, 0.3) is 5.91 Å². The molecule has 1 amide bonds. The van der Waals surface area contributed by atoms with Gasteiger partial charge in [0.15, 0.2) is 12.0 Å². The van der Waals surface area contributed by atoms with Crippen molar-refractivity contribution in [3.05, 3.63) is 60.0 Å². The average Bonchev–Trinajstić information content (AvgIpc) is 3.48. The summed E-state index contributed by atoms with van der Waals surface area (Å²) >= 11 is 0. The molecule has 1 aliphatic rings. The van der Waals surface area contributed by atoms with Gasteiger partial charge in [-0.2, -0.15) is 0 Å². The van der Waals surface area contributed by atoms with Crippen molar-refractivity contribution in [3.63, 3.8) is 0 Å². The van der Waals surface area contributed by atoms with E-state index in [1.54, 1.807) is 10.5 Å². The summed E-state index contributed by atoms with van der Waals surface area (Å²) in [5.41, 5.74) is 2.10. The van der Waals surface area contributed by atoms with Gasteiger partial charge in [-0.25, -0.2) is 18.8 Å². The molecule has 1 aromatic carbocycles. The monoisotopic (exact) mass is 395 g/mol. The maximum Gasteiger partial charge on any atom is 0.293 e. The number of anilines is 2. The highest BCUT2D eigenvalue weighted by molar-refractivity contribution is 6.03. The first kappa shape index (κ1) is 17.1. The Bertz CT molecular complexity index is 1210. The summed E-state index contributed by atoms with van der Waals surface area (Å²) < 4.78 is 26.4. The summed E-state index contributed by atoms with van der Waals surface area (Å²) in [6.07, 6.45) is 6.01. The summed E-state index contributed by atoms with van der Waals surface area (Å²) in [6.45, 7) is 0.752. The van der Waals surface area contributed by atoms with Gasteiger partial charge in [0.2, 0.25) is 11.7 Å². The van der Waals surface area contributed by atoms with Crippen LogP contribution in [0.5, 0.6) is 5.75 Å². The van der Waals surface area contributed by atoms with Gasteiger partial charge in [0.05, 0.1) is 19.0 Å². The van der Waals surface area contributed by atoms with Crippen LogP contribution in [0.25, 0.3) is 5.65 Å². The molecule has 0 radical (unpaired) electrons. The highest BCUT2D eigenvalue weighted by Gasteiger charge is 2.20. The van der Waals surface area contributed by atoms with E-state index in [1.807, 2.05) is 0 Å². The van der Waals surface area contributed by atoms with Crippen LogP contribution in [0.1, 0.15) is 21.7 Å². The first-order valence-corrected chi connectivity index (χ1v) is 8.76. The molecule has 10 nitrogen and oxygen atoms in total. The first-order chi connectivity index (χ1) is 14.2. The van der Waals surface area contributed by atoms with Crippen LogP contribution in [0, 0.1) is 5.82 Å². The Morgan fingerprint density at radius 1 is 1.31 bits per heavy atom. The van der Waals surface area contributed by atoms with Crippen molar-refractivity contribution in [1.82, 2.24) is 24.6 Å². The quantitative estimate of drug-likeness (QED) is 0.527. The zero-order valence-electron chi connectivity index (χ0n) is 14.9. The Morgan fingerprint density at radius 2 is 2.24 bits per heavy atom. The lowest BCUT2D eigenvalue weighted by Crippen LogP contribution is -2.14. The lowest BCUT2D eigenvalue weighted by atomic mass is 10.0. The molecule has 0 atom stereocenters. The minimum Gasteiger partial charge on any atom is -0.493 e. The van der Waals surface area contributed by atoms with Gasteiger partial charge in [0, 0.05) is 24.1 Å². The van der Waals surface area contributed by atoms with E-state index in [1.165, 1.54) is 24.8 Å². The molecular weight excluding hydrogens is 381 g/mol. The van der Waals surface area contributed by atoms with E-state index in [-0.39, 0.29) is 18.1 Å². The minimum absolute atomic E-state index is 0.0560. The number of carbonyl (C=O) groups excluding carboxylic acids is 1. The van der Waals surface area contributed by atoms with Gasteiger partial charge in [-0.3, -0.25) is 4.79 Å². The largest absolute Gasteiger partial charge is 0.493 e. The molecule has 0 unspecified atom stereocenters. The smallest absolute Gasteiger partial charge is 0.293 e. The highest BCUT2D eigenvalue weighted by atomic mass is 19.1. The number of halogens is 1. The predicted octanol–water partition coefficient (Wildman–Crippen LogP) is 2.05. The molecular formula is C18H14FN7O3. The lowest BCUT2D eigenvalue weighted by molar-refractivity contribution is 0.0996. The Morgan fingerprint density at radius 3 is 3.10 bits per heavy atom. The summed E-state index contributed by atoms with van der Waals surface area (Å²) in [7, 11) is 0. The second-order valence-corrected chi connectivity index (χ2v) is 6.29. The second-order valence-electron chi connectivity index (χ2n) is 6.29. The fourth-order valence-corrected chi connectivity index (χ4v) is 3.22. The lowest BCUT2D eigenvalue weighted by Gasteiger charge is -2.12. The minimum atomic E-state index is -0.489. The van der Waals surface area contributed by atoms with Crippen molar-refractivity contribution in [2.45, 2.75) is 13.0 Å². The Hall–Kier alpha value is -4.02. The second kappa shape index (κ2) is 6.86. The standard InChI is InChI=1S/C18H14FN7O3/c19-12-1-2-14-10(3-4-28-14)11(12)5-21-18-22-6-13(16-25-23-8-26(16)18)24-17(27)15-7-20-9-29-15/h1-2,6-9H,3-5H2,(H,21,22)(H,24,27). The van der Waals surface area contributed by atoms with Crippen molar-refractivity contribution in [1.29, 1.82) is 0 Å². The van der Waals surface area contributed by atoms with E-state index >= 15 is 0 Å². The molecule has 0 spiro atoms.